The second kappa shape index (κ2) is 9.90. The molecule has 7 nitrogen and oxygen atoms in total. The molecule has 0 saturated carbocycles. The lowest BCUT2D eigenvalue weighted by Gasteiger charge is -2.19. The van der Waals surface area contributed by atoms with Gasteiger partial charge in [-0.1, -0.05) is 20.8 Å². The number of halogens is 2. The number of nitrogens with one attached hydrogen (secondary N) is 1. The van der Waals surface area contributed by atoms with Crippen LogP contribution in [0.5, 0.6) is 5.75 Å². The van der Waals surface area contributed by atoms with Crippen LogP contribution in [0.2, 0.25) is 0 Å². The van der Waals surface area contributed by atoms with E-state index in [4.69, 9.17) is 5.14 Å². The first kappa shape index (κ1) is 24.3. The summed E-state index contributed by atoms with van der Waals surface area (Å²) in [5, 5.41) is 19.3. The Hall–Kier alpha value is -1.95. The van der Waals surface area contributed by atoms with Gasteiger partial charge < -0.3 is 15.2 Å². The zero-order chi connectivity index (χ0) is 22.6. The molecule has 2 amide bonds. The third-order valence-electron chi connectivity index (χ3n) is 4.08. The Morgan fingerprint density at radius 1 is 1.43 bits per heavy atom. The van der Waals surface area contributed by atoms with E-state index in [1.54, 1.807) is 13.8 Å². The Balaban J connectivity index is 2.32. The molecule has 1 aromatic heterocycles. The van der Waals surface area contributed by atoms with Gasteiger partial charge in [-0.15, -0.1) is 11.3 Å². The zero-order valence-corrected chi connectivity index (χ0v) is 19.0. The summed E-state index contributed by atoms with van der Waals surface area (Å²) in [7, 11) is -1.26. The first-order chi connectivity index (χ1) is 13.9. The van der Waals surface area contributed by atoms with E-state index >= 15 is 0 Å². The zero-order valence-electron chi connectivity index (χ0n) is 17.4. The molecular formula is C19H26F2N4O3S2. The summed E-state index contributed by atoms with van der Waals surface area (Å²) in [5.74, 6) is -0.0124. The number of amides is 2. The number of alkyl halides is 2. The Morgan fingerprint density at radius 3 is 2.60 bits per heavy atom. The highest BCUT2D eigenvalue weighted by molar-refractivity contribution is 7.87. The number of benzene rings is 1. The summed E-state index contributed by atoms with van der Waals surface area (Å²) in [4.78, 5) is 16.7. The maximum Gasteiger partial charge on any atom is 0.387 e. The molecule has 1 aromatic carbocycles. The summed E-state index contributed by atoms with van der Waals surface area (Å²) in [6, 6.07) is 2.32. The number of hydrogen-bond acceptors (Lipinski definition) is 5. The number of anilines is 1. The molecule has 2 aromatic rings. The molecule has 30 heavy (non-hydrogen) atoms. The van der Waals surface area contributed by atoms with Gasteiger partial charge in [-0.3, -0.25) is 5.14 Å². The van der Waals surface area contributed by atoms with E-state index in [-0.39, 0.29) is 11.7 Å². The molecule has 166 valence electrons. The Kier molecular flexibility index (Phi) is 8.03. The molecule has 0 aliphatic carbocycles. The molecule has 0 radical (unpaired) electrons. The smallest absolute Gasteiger partial charge is 0.387 e. The number of hydrogen-bond donors (Lipinski definition) is 3. The number of thiazole rings is 1. The average molecular weight is 461 g/mol. The molecule has 0 saturated heterocycles. The van der Waals surface area contributed by atoms with Gasteiger partial charge in [0.25, 0.3) is 0 Å². The van der Waals surface area contributed by atoms with Crippen LogP contribution >= 0.6 is 11.3 Å². The van der Waals surface area contributed by atoms with Crippen molar-refractivity contribution >= 4 is 33.9 Å². The largest absolute Gasteiger partial charge is 0.435 e. The van der Waals surface area contributed by atoms with Crippen molar-refractivity contribution in [1.82, 2.24) is 4.98 Å². The minimum Gasteiger partial charge on any atom is -0.435 e. The summed E-state index contributed by atoms with van der Waals surface area (Å²) in [6.07, 6.45) is 1.99. The SMILES string of the molecule is CCc1cc(OC(F)F)cc(C(C)C)c1NC(=O)/N=S(\N)c1cnc(C(C)(C)O)s1. The molecule has 0 fully saturated rings. The van der Waals surface area contributed by atoms with Crippen LogP contribution in [0.4, 0.5) is 19.3 Å². The van der Waals surface area contributed by atoms with Crippen LogP contribution in [0.25, 0.3) is 0 Å². The number of nitrogens with zero attached hydrogens (tertiary/aromatic N) is 2. The van der Waals surface area contributed by atoms with Crippen molar-refractivity contribution < 1.29 is 23.4 Å². The van der Waals surface area contributed by atoms with Crippen LogP contribution in [-0.4, -0.2) is 22.7 Å². The Morgan fingerprint density at radius 2 is 2.10 bits per heavy atom. The van der Waals surface area contributed by atoms with E-state index in [9.17, 15) is 18.7 Å². The van der Waals surface area contributed by atoms with Crippen molar-refractivity contribution in [3.05, 3.63) is 34.5 Å². The predicted octanol–water partition coefficient (Wildman–Crippen LogP) is 4.92. The van der Waals surface area contributed by atoms with E-state index in [0.29, 0.717) is 32.5 Å². The van der Waals surface area contributed by atoms with E-state index in [1.807, 2.05) is 20.8 Å². The van der Waals surface area contributed by atoms with Gasteiger partial charge in [0, 0.05) is 16.6 Å². The van der Waals surface area contributed by atoms with E-state index in [2.05, 4.69) is 19.4 Å². The van der Waals surface area contributed by atoms with Crippen LogP contribution in [0.3, 0.4) is 0 Å². The van der Waals surface area contributed by atoms with Crippen molar-refractivity contribution in [2.24, 2.45) is 9.50 Å². The molecule has 1 unspecified atom stereocenters. The number of urea groups is 1. The molecule has 2 rings (SSSR count). The standard InChI is InChI=1S/C19H26F2N4O3S2/c1-6-11-7-12(28-17(20)21)8-13(10(2)3)15(11)24-18(26)25-30(22)14-9-23-16(29-14)19(4,5)27/h7-10,17,27H,6H2,1-5H3,(H3,22,24,25,26). The molecule has 1 atom stereocenters. The fourth-order valence-corrected chi connectivity index (χ4v) is 4.47. The molecule has 4 N–H and O–H groups in total. The fraction of sp³-hybridized carbons (Fsp3) is 0.474. The Labute approximate surface area is 180 Å². The van der Waals surface area contributed by atoms with Crippen molar-refractivity contribution in [2.75, 3.05) is 5.32 Å². The second-order valence-electron chi connectivity index (χ2n) is 7.31. The van der Waals surface area contributed by atoms with Gasteiger partial charge in [-0.2, -0.15) is 13.1 Å². The van der Waals surface area contributed by atoms with Crippen LogP contribution in [-0.2, 0) is 22.9 Å². The number of nitrogens with two attached hydrogens (primary N) is 1. The predicted molar refractivity (Wildman–Crippen MR) is 115 cm³/mol. The van der Waals surface area contributed by atoms with Gasteiger partial charge in [-0.05, 0) is 49.4 Å². The molecular weight excluding hydrogens is 434 g/mol. The lowest BCUT2D eigenvalue weighted by Crippen LogP contribution is -2.15. The van der Waals surface area contributed by atoms with Crippen molar-refractivity contribution in [1.29, 1.82) is 0 Å². The topological polar surface area (TPSA) is 110 Å². The van der Waals surface area contributed by atoms with Crippen molar-refractivity contribution in [2.45, 2.75) is 63.4 Å². The maximum absolute atomic E-state index is 12.6. The van der Waals surface area contributed by atoms with Gasteiger partial charge >= 0.3 is 12.6 Å². The van der Waals surface area contributed by atoms with Crippen LogP contribution in [0.1, 0.15) is 56.7 Å². The summed E-state index contributed by atoms with van der Waals surface area (Å²) in [6.45, 7) is 5.90. The lowest BCUT2D eigenvalue weighted by atomic mass is 9.96. The molecule has 1 heterocycles. The monoisotopic (exact) mass is 460 g/mol. The van der Waals surface area contributed by atoms with E-state index < -0.39 is 29.1 Å². The first-order valence-corrected chi connectivity index (χ1v) is 11.3. The average Bonchev–Trinajstić information content (AvgIpc) is 3.12. The van der Waals surface area contributed by atoms with Gasteiger partial charge in [-0.25, -0.2) is 9.78 Å². The van der Waals surface area contributed by atoms with Crippen molar-refractivity contribution in [3.8, 4) is 5.75 Å². The Bertz CT molecular complexity index is 940. The maximum atomic E-state index is 12.6. The fourth-order valence-electron chi connectivity index (χ4n) is 2.66. The highest BCUT2D eigenvalue weighted by Crippen LogP contribution is 2.34. The van der Waals surface area contributed by atoms with Gasteiger partial charge in [0.1, 0.15) is 20.6 Å². The van der Waals surface area contributed by atoms with E-state index in [0.717, 1.165) is 0 Å². The summed E-state index contributed by atoms with van der Waals surface area (Å²) in [5.41, 5.74) is 0.716. The third kappa shape index (κ3) is 6.27. The quantitative estimate of drug-likeness (QED) is 0.543. The number of rotatable bonds is 7. The van der Waals surface area contributed by atoms with Gasteiger partial charge in [0.15, 0.2) is 0 Å². The third-order valence-corrected chi connectivity index (χ3v) is 6.83. The first-order valence-electron chi connectivity index (χ1n) is 9.24. The minimum atomic E-state index is -2.93. The summed E-state index contributed by atoms with van der Waals surface area (Å²) < 4.78 is 34.4. The number of carbonyl (C=O) groups is 1. The number of ether oxygens (including phenoxy) is 1. The molecule has 0 bridgehead atoms. The highest BCUT2D eigenvalue weighted by atomic mass is 32.2. The van der Waals surface area contributed by atoms with Crippen LogP contribution in [0.15, 0.2) is 26.9 Å². The molecule has 0 aliphatic heterocycles. The van der Waals surface area contributed by atoms with Gasteiger partial charge in [0.05, 0.1) is 6.20 Å². The van der Waals surface area contributed by atoms with Crippen molar-refractivity contribution in [3.63, 3.8) is 0 Å². The summed E-state index contributed by atoms with van der Waals surface area (Å²) >= 11 is 1.18. The molecule has 11 heteroatoms. The molecule has 0 aliphatic rings. The molecule has 0 spiro atoms. The number of aliphatic hydroxyl groups is 1. The highest BCUT2D eigenvalue weighted by Gasteiger charge is 2.21. The minimum absolute atomic E-state index is 0.0443. The number of carbonyl (C=O) groups excluding carboxylic acids is 1. The lowest BCUT2D eigenvalue weighted by molar-refractivity contribution is -0.0499. The number of aryl methyl sites for hydroxylation is 1. The van der Waals surface area contributed by atoms with E-state index in [1.165, 1.54) is 29.7 Å². The van der Waals surface area contributed by atoms with Crippen LogP contribution < -0.4 is 15.2 Å². The van der Waals surface area contributed by atoms with Gasteiger partial charge in [0.2, 0.25) is 0 Å². The number of aromatic nitrogens is 1. The van der Waals surface area contributed by atoms with Crippen LogP contribution in [0, 0.1) is 0 Å². The second-order valence-corrected chi connectivity index (χ2v) is 9.85. The normalized spacial score (nSPS) is 13.2.